The number of carbonyl (C=O) groups is 1. The molecule has 1 saturated carbocycles. The van der Waals surface area contributed by atoms with Gasteiger partial charge >= 0.3 is 5.69 Å². The van der Waals surface area contributed by atoms with Crippen molar-refractivity contribution in [2.24, 2.45) is 0 Å². The number of aromatic amines is 1. The molecule has 1 spiro atoms. The number of nitrogens with one attached hydrogen (secondary N) is 2. The van der Waals surface area contributed by atoms with Gasteiger partial charge in [-0.1, -0.05) is 36.0 Å². The van der Waals surface area contributed by atoms with Gasteiger partial charge in [0.05, 0.1) is 21.1 Å². The highest BCUT2D eigenvalue weighted by Gasteiger charge is 2.48. The quantitative estimate of drug-likeness (QED) is 0.584. The first-order valence-electron chi connectivity index (χ1n) is 10.1. The van der Waals surface area contributed by atoms with E-state index >= 15 is 0 Å². The van der Waals surface area contributed by atoms with Gasteiger partial charge in [0, 0.05) is 5.69 Å². The molecule has 0 radical (unpaired) electrons. The van der Waals surface area contributed by atoms with Gasteiger partial charge < -0.3 is 10.1 Å². The first-order valence-corrected chi connectivity index (χ1v) is 10.8. The average Bonchev–Trinajstić information content (AvgIpc) is 3.37. The second-order valence-corrected chi connectivity index (χ2v) is 8.74. The van der Waals surface area contributed by atoms with Crippen LogP contribution in [0.2, 0.25) is 10.0 Å². The van der Waals surface area contributed by atoms with Crippen LogP contribution < -0.4 is 21.3 Å². The lowest BCUT2D eigenvalue weighted by Crippen LogP contribution is -2.33. The van der Waals surface area contributed by atoms with Crippen LogP contribution in [0.5, 0.6) is 11.5 Å². The van der Waals surface area contributed by atoms with E-state index < -0.39 is 22.4 Å². The molecule has 0 atom stereocenters. The van der Waals surface area contributed by atoms with Crippen LogP contribution in [0.25, 0.3) is 5.69 Å². The minimum Gasteiger partial charge on any atom is -0.454 e. The first kappa shape index (κ1) is 21.2. The third-order valence-electron chi connectivity index (χ3n) is 6.03. The van der Waals surface area contributed by atoms with Crippen molar-refractivity contribution < 1.29 is 9.53 Å². The van der Waals surface area contributed by atoms with Crippen molar-refractivity contribution in [2.45, 2.75) is 31.1 Å². The fourth-order valence-electron chi connectivity index (χ4n) is 4.46. The minimum atomic E-state index is -0.888. The summed E-state index contributed by atoms with van der Waals surface area (Å²) in [6.07, 6.45) is 3.56. The summed E-state index contributed by atoms with van der Waals surface area (Å²) in [7, 11) is 0. The summed E-state index contributed by atoms with van der Waals surface area (Å²) in [5.74, 6) is 0.625. The van der Waals surface area contributed by atoms with Crippen LogP contribution in [-0.2, 0) is 10.2 Å². The van der Waals surface area contributed by atoms with Crippen molar-refractivity contribution in [3.05, 3.63) is 72.5 Å². The number of rotatable bonds is 3. The number of ether oxygens (including phenoxy) is 1. The zero-order valence-corrected chi connectivity index (χ0v) is 18.5. The smallest absolute Gasteiger partial charge is 0.349 e. The number of amides is 1. The Morgan fingerprint density at radius 1 is 1.09 bits per heavy atom. The third kappa shape index (κ3) is 3.39. The topological polar surface area (TPSA) is 130 Å². The summed E-state index contributed by atoms with van der Waals surface area (Å²) < 4.78 is 6.78. The molecule has 3 aromatic rings. The maximum atomic E-state index is 12.6. The predicted octanol–water partition coefficient (Wildman–Crippen LogP) is 3.66. The molecule has 1 aromatic heterocycles. The average molecular weight is 484 g/mol. The van der Waals surface area contributed by atoms with E-state index in [4.69, 9.17) is 33.2 Å². The Bertz CT molecular complexity index is 1460. The zero-order valence-electron chi connectivity index (χ0n) is 16.9. The third-order valence-corrected chi connectivity index (χ3v) is 6.59. The van der Waals surface area contributed by atoms with Gasteiger partial charge in [-0.2, -0.15) is 9.94 Å². The second-order valence-electron chi connectivity index (χ2n) is 7.92. The number of aromatic nitrogens is 3. The second kappa shape index (κ2) is 7.76. The summed E-state index contributed by atoms with van der Waals surface area (Å²) >= 11 is 12.8. The van der Waals surface area contributed by atoms with E-state index in [-0.39, 0.29) is 27.4 Å². The van der Waals surface area contributed by atoms with Crippen LogP contribution in [0.3, 0.4) is 0 Å². The Balaban J connectivity index is 1.51. The Morgan fingerprint density at radius 3 is 2.45 bits per heavy atom. The molecule has 2 N–H and O–H groups in total. The molecule has 1 aliphatic heterocycles. The maximum Gasteiger partial charge on any atom is 0.349 e. The molecule has 1 fully saturated rings. The Kier molecular flexibility index (Phi) is 5.00. The molecule has 0 saturated heterocycles. The van der Waals surface area contributed by atoms with E-state index in [9.17, 15) is 14.4 Å². The SMILES string of the molecule is N#Cc1nn(-c2cc(Cl)c(Oc3ccc4c(c3)C3(CCCC3)C(=O)N4)c(Cl)c2)c(=O)[nH]c1=O. The normalized spacial score (nSPS) is 15.8. The number of benzene rings is 2. The zero-order chi connectivity index (χ0) is 23.3. The van der Waals surface area contributed by atoms with Crippen LogP contribution in [0.1, 0.15) is 36.9 Å². The molecule has 11 heteroatoms. The number of nitriles is 1. The predicted molar refractivity (Wildman–Crippen MR) is 120 cm³/mol. The number of carbonyl (C=O) groups excluding carboxylic acids is 1. The van der Waals surface area contributed by atoms with Crippen LogP contribution in [0.4, 0.5) is 5.69 Å². The number of H-pyrrole nitrogens is 1. The number of hydrogen-bond acceptors (Lipinski definition) is 6. The monoisotopic (exact) mass is 483 g/mol. The molecule has 1 aliphatic carbocycles. The molecule has 2 aromatic carbocycles. The fraction of sp³-hybridized carbons (Fsp3) is 0.227. The number of nitrogens with zero attached hydrogens (tertiary/aromatic N) is 3. The molecular weight excluding hydrogens is 469 g/mol. The van der Waals surface area contributed by atoms with Crippen LogP contribution in [0.15, 0.2) is 39.9 Å². The summed E-state index contributed by atoms with van der Waals surface area (Å²) in [6, 6.07) is 9.71. The number of fused-ring (bicyclic) bond motifs is 2. The van der Waals surface area contributed by atoms with Gasteiger partial charge in [-0.25, -0.2) is 4.79 Å². The van der Waals surface area contributed by atoms with Gasteiger partial charge in [-0.15, -0.1) is 5.10 Å². The lowest BCUT2D eigenvalue weighted by molar-refractivity contribution is -0.120. The molecule has 1 amide bonds. The highest BCUT2D eigenvalue weighted by Crippen LogP contribution is 2.50. The summed E-state index contributed by atoms with van der Waals surface area (Å²) in [5.41, 5.74) is -0.925. The summed E-state index contributed by atoms with van der Waals surface area (Å²) in [5, 5.41) is 15.9. The van der Waals surface area contributed by atoms with E-state index in [0.29, 0.717) is 5.75 Å². The van der Waals surface area contributed by atoms with Crippen molar-refractivity contribution in [2.75, 3.05) is 5.32 Å². The Labute approximate surface area is 196 Å². The van der Waals surface area contributed by atoms with Crippen molar-refractivity contribution in [1.29, 1.82) is 5.26 Å². The molecule has 2 aliphatic rings. The minimum absolute atomic E-state index is 0.0168. The molecule has 166 valence electrons. The molecule has 5 rings (SSSR count). The van der Waals surface area contributed by atoms with Gasteiger partial charge in [0.1, 0.15) is 11.8 Å². The van der Waals surface area contributed by atoms with E-state index in [2.05, 4.69) is 10.4 Å². The largest absolute Gasteiger partial charge is 0.454 e. The van der Waals surface area contributed by atoms with Crippen molar-refractivity contribution in [1.82, 2.24) is 14.8 Å². The van der Waals surface area contributed by atoms with E-state index in [1.165, 1.54) is 12.1 Å². The molecular formula is C22H15Cl2N5O4. The molecule has 0 unspecified atom stereocenters. The summed E-state index contributed by atoms with van der Waals surface area (Å²) in [4.78, 5) is 38.4. The van der Waals surface area contributed by atoms with Gasteiger partial charge in [0.15, 0.2) is 5.75 Å². The highest BCUT2D eigenvalue weighted by molar-refractivity contribution is 6.37. The summed E-state index contributed by atoms with van der Waals surface area (Å²) in [6.45, 7) is 0. The first-order chi connectivity index (χ1) is 15.8. The van der Waals surface area contributed by atoms with Gasteiger partial charge in [0.2, 0.25) is 11.6 Å². The number of halogens is 2. The lowest BCUT2D eigenvalue weighted by atomic mass is 9.80. The number of anilines is 1. The van der Waals surface area contributed by atoms with Crippen LogP contribution in [-0.4, -0.2) is 20.7 Å². The van der Waals surface area contributed by atoms with Crippen molar-refractivity contribution >= 4 is 34.8 Å². The van der Waals surface area contributed by atoms with Gasteiger partial charge in [-0.05, 0) is 48.7 Å². The van der Waals surface area contributed by atoms with Crippen molar-refractivity contribution in [3.63, 3.8) is 0 Å². The number of hydrogen-bond donors (Lipinski definition) is 2. The lowest BCUT2D eigenvalue weighted by Gasteiger charge is -2.21. The standard InChI is InChI=1S/C22H15Cl2N5O4/c23-14-7-11(29-21(32)27-19(30)17(10-25)28-29)8-15(24)18(14)33-12-3-4-16-13(9-12)22(20(31)26-16)5-1-2-6-22/h3-4,7-9H,1-2,5-6H2,(H,26,31)(H,27,30,32). The molecule has 33 heavy (non-hydrogen) atoms. The maximum absolute atomic E-state index is 12.6. The molecule has 9 nitrogen and oxygen atoms in total. The van der Waals surface area contributed by atoms with E-state index in [1.807, 2.05) is 11.1 Å². The molecule has 0 bridgehead atoms. The fourth-order valence-corrected chi connectivity index (χ4v) is 5.02. The highest BCUT2D eigenvalue weighted by atomic mass is 35.5. The van der Waals surface area contributed by atoms with E-state index in [0.717, 1.165) is 41.6 Å². The van der Waals surface area contributed by atoms with E-state index in [1.54, 1.807) is 18.2 Å². The van der Waals surface area contributed by atoms with Gasteiger partial charge in [0.25, 0.3) is 5.56 Å². The molecule has 2 heterocycles. The Hall–Kier alpha value is -3.61. The Morgan fingerprint density at radius 2 is 1.79 bits per heavy atom. The van der Waals surface area contributed by atoms with Crippen LogP contribution >= 0.6 is 23.2 Å². The van der Waals surface area contributed by atoms with Gasteiger partial charge in [-0.3, -0.25) is 14.6 Å². The van der Waals surface area contributed by atoms with Crippen LogP contribution in [0, 0.1) is 11.3 Å². The van der Waals surface area contributed by atoms with Crippen molar-refractivity contribution in [3.8, 4) is 23.3 Å².